The summed E-state index contributed by atoms with van der Waals surface area (Å²) in [5.41, 5.74) is 0. The molecule has 0 heterocycles. The number of hydrogen-bond donors (Lipinski definition) is 0. The topological polar surface area (TPSA) is 9.23 Å². The van der Waals surface area contributed by atoms with E-state index in [0.29, 0.717) is 0 Å². The molecule has 0 aromatic heterocycles. The molecule has 0 amide bonds. The molecule has 0 aliphatic carbocycles. The fourth-order valence-electron chi connectivity index (χ4n) is 2.75. The van der Waals surface area contributed by atoms with Gasteiger partial charge in [0.2, 0.25) is 0 Å². The molecule has 0 spiro atoms. The molecule has 2 heteroatoms. The molecule has 0 radical (unpaired) electrons. The van der Waals surface area contributed by atoms with Crippen LogP contribution in [-0.4, -0.2) is 25.4 Å². The zero-order valence-electron chi connectivity index (χ0n) is 10.3. The van der Waals surface area contributed by atoms with Gasteiger partial charge in [-0.05, 0) is 0 Å². The van der Waals surface area contributed by atoms with E-state index in [9.17, 15) is 0 Å². The Kier molecular flexibility index (Phi) is 5.92. The third-order valence-corrected chi connectivity index (χ3v) is 20.8. The van der Waals surface area contributed by atoms with Gasteiger partial charge < -0.3 is 0 Å². The molecule has 1 nitrogen and oxygen atoms in total. The minimum absolute atomic E-state index is 0.786. The van der Waals surface area contributed by atoms with Crippen LogP contribution in [0.25, 0.3) is 0 Å². The summed E-state index contributed by atoms with van der Waals surface area (Å²) in [4.78, 5) is 0. The van der Waals surface area contributed by atoms with Crippen molar-refractivity contribution in [2.45, 2.75) is 60.3 Å². The van der Waals surface area contributed by atoms with Crippen LogP contribution in [0.3, 0.4) is 0 Å². The van der Waals surface area contributed by atoms with Gasteiger partial charge >= 0.3 is 88.7 Å². The fraction of sp³-hybridized carbons (Fsp3) is 1.00. The molecule has 0 saturated heterocycles. The van der Waals surface area contributed by atoms with Gasteiger partial charge in [0, 0.05) is 0 Å². The van der Waals surface area contributed by atoms with Crippen molar-refractivity contribution < 1.29 is 3.07 Å². The van der Waals surface area contributed by atoms with Gasteiger partial charge in [-0.3, -0.25) is 0 Å². The van der Waals surface area contributed by atoms with Crippen molar-refractivity contribution >= 4 is 18.8 Å². The van der Waals surface area contributed by atoms with E-state index in [-0.39, 0.29) is 0 Å². The van der Waals surface area contributed by atoms with Crippen molar-refractivity contribution in [2.75, 3.05) is 6.61 Å². The van der Waals surface area contributed by atoms with Crippen molar-refractivity contribution in [3.05, 3.63) is 0 Å². The van der Waals surface area contributed by atoms with Crippen LogP contribution in [0.15, 0.2) is 0 Å². The predicted octanol–water partition coefficient (Wildman–Crippen LogP) is 4.20. The molecular weight excluding hydrogens is 267 g/mol. The normalized spacial score (nSPS) is 13.4. The van der Waals surface area contributed by atoms with E-state index in [1.165, 1.54) is 0 Å². The Hall–Kier alpha value is 0.759. The van der Waals surface area contributed by atoms with Gasteiger partial charge in [-0.1, -0.05) is 0 Å². The first-order valence-electron chi connectivity index (χ1n) is 5.53. The van der Waals surface area contributed by atoms with Crippen molar-refractivity contribution in [3.63, 3.8) is 0 Å². The maximum atomic E-state index is 6.22. The maximum absolute atomic E-state index is 6.22. The van der Waals surface area contributed by atoms with E-state index < -0.39 is 18.8 Å². The summed E-state index contributed by atoms with van der Waals surface area (Å²) < 4.78 is 8.58. The molecule has 0 rings (SSSR count). The summed E-state index contributed by atoms with van der Waals surface area (Å²) in [6.45, 7) is 17.2. The third-order valence-electron chi connectivity index (χ3n) is 3.10. The monoisotopic (exact) mass is 294 g/mol. The molecule has 0 aromatic carbocycles. The van der Waals surface area contributed by atoms with Crippen LogP contribution >= 0.6 is 0 Å². The fourth-order valence-corrected chi connectivity index (χ4v) is 18.4. The van der Waals surface area contributed by atoms with Crippen molar-refractivity contribution in [2.24, 2.45) is 0 Å². The third kappa shape index (κ3) is 2.85. The Labute approximate surface area is 88.7 Å². The van der Waals surface area contributed by atoms with E-state index in [2.05, 4.69) is 48.5 Å². The van der Waals surface area contributed by atoms with Crippen molar-refractivity contribution in [1.82, 2.24) is 0 Å². The van der Waals surface area contributed by atoms with Gasteiger partial charge in [0.25, 0.3) is 0 Å². The van der Waals surface area contributed by atoms with E-state index in [0.717, 1.165) is 18.4 Å². The Morgan fingerprint density at radius 1 is 0.846 bits per heavy atom. The van der Waals surface area contributed by atoms with Crippen LogP contribution in [0.4, 0.5) is 0 Å². The Morgan fingerprint density at radius 2 is 1.15 bits per heavy atom. The van der Waals surface area contributed by atoms with Crippen LogP contribution in [0.5, 0.6) is 0 Å². The van der Waals surface area contributed by atoms with Crippen molar-refractivity contribution in [1.29, 1.82) is 0 Å². The van der Waals surface area contributed by atoms with Gasteiger partial charge in [-0.2, -0.15) is 0 Å². The van der Waals surface area contributed by atoms with Gasteiger partial charge in [0.05, 0.1) is 0 Å². The molecule has 0 fully saturated rings. The standard InChI is InChI=1S/3C3H7.C2H5O.Sn/c3*1-3-2;1-2-3;/h3*3H,1-2H3;2H2,1H3;/q;;;-1;+1. The van der Waals surface area contributed by atoms with Crippen molar-refractivity contribution in [3.8, 4) is 0 Å². The van der Waals surface area contributed by atoms with Crippen LogP contribution < -0.4 is 0 Å². The second-order valence-corrected chi connectivity index (χ2v) is 20.3. The molecule has 0 N–H and O–H groups in total. The Balaban J connectivity index is 4.82. The quantitative estimate of drug-likeness (QED) is 0.690. The zero-order valence-corrected chi connectivity index (χ0v) is 13.2. The Bertz CT molecular complexity index is 119. The van der Waals surface area contributed by atoms with E-state index in [1.54, 1.807) is 0 Å². The second kappa shape index (κ2) is 5.59. The molecule has 0 aromatic rings. The second-order valence-electron chi connectivity index (χ2n) is 4.75. The van der Waals surface area contributed by atoms with Gasteiger partial charge in [0.15, 0.2) is 0 Å². The van der Waals surface area contributed by atoms with Gasteiger partial charge in [-0.15, -0.1) is 0 Å². The molecular formula is C11H26OSn. The SMILES string of the molecule is CC[O][Sn]([CH](C)C)([CH](C)C)[CH](C)C. The summed E-state index contributed by atoms with van der Waals surface area (Å²) in [6, 6.07) is 0. The van der Waals surface area contributed by atoms with Crippen LogP contribution in [0.1, 0.15) is 48.5 Å². The predicted molar refractivity (Wildman–Crippen MR) is 62.7 cm³/mol. The summed E-state index contributed by atoms with van der Waals surface area (Å²) in [7, 11) is 0. The first kappa shape index (κ1) is 13.8. The van der Waals surface area contributed by atoms with E-state index >= 15 is 0 Å². The molecule has 0 aliphatic rings. The van der Waals surface area contributed by atoms with Gasteiger partial charge in [0.1, 0.15) is 0 Å². The average molecular weight is 293 g/mol. The average Bonchev–Trinajstić information content (AvgIpc) is 1.97. The Morgan fingerprint density at radius 3 is 1.23 bits per heavy atom. The van der Waals surface area contributed by atoms with E-state index in [4.69, 9.17) is 3.07 Å². The van der Waals surface area contributed by atoms with Crippen LogP contribution in [-0.2, 0) is 3.07 Å². The molecule has 0 aliphatic heterocycles. The zero-order chi connectivity index (χ0) is 10.6. The molecule has 0 unspecified atom stereocenters. The molecule has 0 bridgehead atoms. The van der Waals surface area contributed by atoms with Crippen LogP contribution in [0.2, 0.25) is 11.8 Å². The van der Waals surface area contributed by atoms with Crippen LogP contribution in [0, 0.1) is 0 Å². The van der Waals surface area contributed by atoms with E-state index in [1.807, 2.05) is 0 Å². The first-order chi connectivity index (χ1) is 5.89. The van der Waals surface area contributed by atoms with Gasteiger partial charge in [-0.25, -0.2) is 0 Å². The number of rotatable bonds is 5. The minimum atomic E-state index is -2.34. The molecule has 0 saturated carbocycles. The first-order valence-corrected chi connectivity index (χ1v) is 11.6. The molecule has 0 atom stereocenters. The summed E-state index contributed by atoms with van der Waals surface area (Å²) in [5, 5.41) is 0. The number of hydrogen-bond acceptors (Lipinski definition) is 1. The molecule has 80 valence electrons. The summed E-state index contributed by atoms with van der Waals surface area (Å²) in [6.07, 6.45) is 0. The summed E-state index contributed by atoms with van der Waals surface area (Å²) in [5.74, 6) is 0. The molecule has 13 heavy (non-hydrogen) atoms. The summed E-state index contributed by atoms with van der Waals surface area (Å²) >= 11 is -2.34.